The third-order valence-electron chi connectivity index (χ3n) is 5.53. The summed E-state index contributed by atoms with van der Waals surface area (Å²) in [4.78, 5) is 22.5. The van der Waals surface area contributed by atoms with Crippen LogP contribution in [0.3, 0.4) is 0 Å². The van der Waals surface area contributed by atoms with Crippen molar-refractivity contribution in [3.8, 4) is 11.5 Å². The van der Waals surface area contributed by atoms with Gasteiger partial charge >= 0.3 is 0 Å². The molecule has 1 fully saturated rings. The molecule has 1 saturated carbocycles. The van der Waals surface area contributed by atoms with Gasteiger partial charge in [0.05, 0.1) is 16.1 Å². The molecule has 4 aromatic rings. The SMILES string of the molecule is CC(C)n1c(=O)c2c(-c3noc(C4CCCC4)n3)ncn2c2cccc(Cl)c21. The number of hydrogen-bond acceptors (Lipinski definition) is 5. The molecule has 0 saturated heterocycles. The monoisotopic (exact) mass is 397 g/mol. The fourth-order valence-corrected chi connectivity index (χ4v) is 4.47. The highest BCUT2D eigenvalue weighted by molar-refractivity contribution is 6.35. The molecule has 0 amide bonds. The Balaban J connectivity index is 1.78. The van der Waals surface area contributed by atoms with Crippen LogP contribution in [0.4, 0.5) is 0 Å². The lowest BCUT2D eigenvalue weighted by Crippen LogP contribution is -2.25. The Morgan fingerprint density at radius 3 is 2.75 bits per heavy atom. The summed E-state index contributed by atoms with van der Waals surface area (Å²) in [6, 6.07) is 5.52. The van der Waals surface area contributed by atoms with Gasteiger partial charge in [-0.2, -0.15) is 4.98 Å². The second-order valence-corrected chi connectivity index (χ2v) is 8.03. The summed E-state index contributed by atoms with van der Waals surface area (Å²) in [5, 5.41) is 4.66. The third-order valence-corrected chi connectivity index (χ3v) is 5.83. The maximum absolute atomic E-state index is 13.4. The third kappa shape index (κ3) is 2.49. The number of nitrogens with zero attached hydrogens (tertiary/aromatic N) is 5. The van der Waals surface area contributed by atoms with Crippen LogP contribution in [0.15, 0.2) is 33.8 Å². The molecule has 1 aromatic carbocycles. The van der Waals surface area contributed by atoms with E-state index in [1.807, 2.05) is 26.0 Å². The van der Waals surface area contributed by atoms with Crippen molar-refractivity contribution in [1.29, 1.82) is 0 Å². The molecule has 144 valence electrons. The minimum Gasteiger partial charge on any atom is -0.339 e. The van der Waals surface area contributed by atoms with Gasteiger partial charge in [-0.1, -0.05) is 35.7 Å². The van der Waals surface area contributed by atoms with Crippen LogP contribution in [-0.2, 0) is 0 Å². The molecule has 3 aromatic heterocycles. The first-order valence-corrected chi connectivity index (χ1v) is 9.98. The molecule has 0 unspecified atom stereocenters. The first-order chi connectivity index (χ1) is 13.6. The molecule has 0 atom stereocenters. The molecular formula is C20H20ClN5O2. The maximum atomic E-state index is 13.4. The maximum Gasteiger partial charge on any atom is 0.278 e. The topological polar surface area (TPSA) is 78.2 Å². The molecule has 1 aliphatic rings. The van der Waals surface area contributed by atoms with E-state index in [1.165, 1.54) is 12.8 Å². The van der Waals surface area contributed by atoms with Crippen molar-refractivity contribution in [2.75, 3.05) is 0 Å². The van der Waals surface area contributed by atoms with Crippen molar-refractivity contribution in [2.45, 2.75) is 51.5 Å². The summed E-state index contributed by atoms with van der Waals surface area (Å²) >= 11 is 6.45. The molecule has 28 heavy (non-hydrogen) atoms. The van der Waals surface area contributed by atoms with Crippen molar-refractivity contribution >= 4 is 28.2 Å². The molecule has 1 aliphatic carbocycles. The van der Waals surface area contributed by atoms with Crippen molar-refractivity contribution in [3.63, 3.8) is 0 Å². The van der Waals surface area contributed by atoms with Crippen LogP contribution in [0.2, 0.25) is 5.02 Å². The van der Waals surface area contributed by atoms with Gasteiger partial charge in [0.25, 0.3) is 5.56 Å². The van der Waals surface area contributed by atoms with Crippen LogP contribution in [0, 0.1) is 0 Å². The standard InChI is InChI=1S/C20H20ClN5O2/c1-11(2)26-16-13(21)8-5-9-14(16)25-10-22-15(17(25)20(26)27)18-23-19(28-24-18)12-6-3-4-7-12/h5,8-12H,3-4,6-7H2,1-2H3. The molecule has 0 bridgehead atoms. The fraction of sp³-hybridized carbons (Fsp3) is 0.400. The Hall–Kier alpha value is -2.67. The highest BCUT2D eigenvalue weighted by Crippen LogP contribution is 2.34. The van der Waals surface area contributed by atoms with E-state index in [4.69, 9.17) is 16.1 Å². The molecule has 8 heteroatoms. The van der Waals surface area contributed by atoms with Gasteiger partial charge in [-0.15, -0.1) is 0 Å². The number of aromatic nitrogens is 5. The van der Waals surface area contributed by atoms with Gasteiger partial charge in [-0.3, -0.25) is 9.20 Å². The summed E-state index contributed by atoms with van der Waals surface area (Å²) in [7, 11) is 0. The average molecular weight is 398 g/mol. The Morgan fingerprint density at radius 1 is 1.21 bits per heavy atom. The van der Waals surface area contributed by atoms with Gasteiger partial charge in [0, 0.05) is 12.0 Å². The number of imidazole rings is 1. The van der Waals surface area contributed by atoms with Crippen molar-refractivity contribution in [1.82, 2.24) is 24.1 Å². The van der Waals surface area contributed by atoms with E-state index >= 15 is 0 Å². The van der Waals surface area contributed by atoms with Gasteiger partial charge in [-0.25, -0.2) is 4.98 Å². The highest BCUT2D eigenvalue weighted by atomic mass is 35.5. The fourth-order valence-electron chi connectivity index (χ4n) is 4.21. The molecule has 5 rings (SSSR count). The summed E-state index contributed by atoms with van der Waals surface area (Å²) in [5.41, 5.74) is 2.21. The van der Waals surface area contributed by atoms with Crippen LogP contribution in [0.5, 0.6) is 0 Å². The van der Waals surface area contributed by atoms with Gasteiger partial charge < -0.3 is 9.09 Å². The Kier molecular flexibility index (Phi) is 4.01. The van der Waals surface area contributed by atoms with Crippen molar-refractivity contribution in [3.05, 3.63) is 45.8 Å². The van der Waals surface area contributed by atoms with E-state index in [-0.39, 0.29) is 11.6 Å². The molecule has 3 heterocycles. The minimum atomic E-state index is -0.171. The summed E-state index contributed by atoms with van der Waals surface area (Å²) in [6.45, 7) is 3.92. The Bertz CT molecular complexity index is 1250. The predicted octanol–water partition coefficient (Wildman–Crippen LogP) is 4.59. The van der Waals surface area contributed by atoms with Crippen LogP contribution in [0.1, 0.15) is 57.4 Å². The summed E-state index contributed by atoms with van der Waals surface area (Å²) in [5.74, 6) is 1.31. The zero-order valence-electron chi connectivity index (χ0n) is 15.7. The molecule has 0 aliphatic heterocycles. The smallest absolute Gasteiger partial charge is 0.278 e. The zero-order chi connectivity index (χ0) is 19.4. The van der Waals surface area contributed by atoms with Crippen molar-refractivity contribution in [2.24, 2.45) is 0 Å². The second-order valence-electron chi connectivity index (χ2n) is 7.63. The van der Waals surface area contributed by atoms with Crippen LogP contribution in [0.25, 0.3) is 28.1 Å². The second kappa shape index (κ2) is 6.44. The molecule has 7 nitrogen and oxygen atoms in total. The van der Waals surface area contributed by atoms with E-state index in [0.29, 0.717) is 39.4 Å². The van der Waals surface area contributed by atoms with E-state index in [0.717, 1.165) is 18.4 Å². The quantitative estimate of drug-likeness (QED) is 0.505. The summed E-state index contributed by atoms with van der Waals surface area (Å²) in [6.07, 6.45) is 6.12. The molecule has 0 N–H and O–H groups in total. The number of hydrogen-bond donors (Lipinski definition) is 0. The average Bonchev–Trinajstić information content (AvgIpc) is 3.41. The summed E-state index contributed by atoms with van der Waals surface area (Å²) < 4.78 is 8.98. The van der Waals surface area contributed by atoms with E-state index < -0.39 is 0 Å². The number of para-hydroxylation sites is 1. The highest BCUT2D eigenvalue weighted by Gasteiger charge is 2.26. The lowest BCUT2D eigenvalue weighted by molar-refractivity contribution is 0.354. The lowest BCUT2D eigenvalue weighted by atomic mass is 10.1. The number of fused-ring (bicyclic) bond motifs is 3. The number of halogens is 1. The molecular weight excluding hydrogens is 378 g/mol. The van der Waals surface area contributed by atoms with Crippen LogP contribution >= 0.6 is 11.6 Å². The molecule has 0 spiro atoms. The van der Waals surface area contributed by atoms with E-state index in [1.54, 1.807) is 21.4 Å². The first kappa shape index (κ1) is 17.4. The van der Waals surface area contributed by atoms with Gasteiger partial charge in [-0.05, 0) is 38.8 Å². The first-order valence-electron chi connectivity index (χ1n) is 9.60. The normalized spacial score (nSPS) is 15.4. The minimum absolute atomic E-state index is 0.0676. The Morgan fingerprint density at radius 2 is 2.00 bits per heavy atom. The van der Waals surface area contributed by atoms with E-state index in [9.17, 15) is 4.79 Å². The number of benzene rings is 1. The van der Waals surface area contributed by atoms with Crippen LogP contribution in [-0.4, -0.2) is 24.1 Å². The van der Waals surface area contributed by atoms with E-state index in [2.05, 4.69) is 15.1 Å². The molecule has 0 radical (unpaired) electrons. The largest absolute Gasteiger partial charge is 0.339 e. The van der Waals surface area contributed by atoms with Crippen molar-refractivity contribution < 1.29 is 4.52 Å². The lowest BCUT2D eigenvalue weighted by Gasteiger charge is -2.16. The Labute approximate surface area is 166 Å². The van der Waals surface area contributed by atoms with Gasteiger partial charge in [0.15, 0.2) is 0 Å². The van der Waals surface area contributed by atoms with Gasteiger partial charge in [0.1, 0.15) is 17.5 Å². The zero-order valence-corrected chi connectivity index (χ0v) is 16.5. The van der Waals surface area contributed by atoms with Crippen LogP contribution < -0.4 is 5.56 Å². The predicted molar refractivity (Wildman–Crippen MR) is 107 cm³/mol. The van der Waals surface area contributed by atoms with Gasteiger partial charge in [0.2, 0.25) is 11.7 Å². The number of rotatable bonds is 3.